The van der Waals surface area contributed by atoms with Gasteiger partial charge in [0, 0.05) is 44.7 Å². The quantitative estimate of drug-likeness (QED) is 0.560. The van der Waals surface area contributed by atoms with Crippen LogP contribution >= 0.6 is 0 Å². The van der Waals surface area contributed by atoms with Gasteiger partial charge in [0.25, 0.3) is 0 Å². The second kappa shape index (κ2) is 10.5. The molecule has 2 saturated heterocycles. The predicted octanol–water partition coefficient (Wildman–Crippen LogP) is 3.26. The Bertz CT molecular complexity index is 424. The van der Waals surface area contributed by atoms with Gasteiger partial charge in [0.05, 0.1) is 6.10 Å². The van der Waals surface area contributed by atoms with Gasteiger partial charge >= 0.3 is 0 Å². The molecule has 0 aromatic carbocycles. The fourth-order valence-corrected chi connectivity index (χ4v) is 4.33. The summed E-state index contributed by atoms with van der Waals surface area (Å²) in [6, 6.07) is 0.543. The molecule has 5 nitrogen and oxygen atoms in total. The summed E-state index contributed by atoms with van der Waals surface area (Å²) in [6.07, 6.45) is 6.36. The maximum Gasteiger partial charge on any atom is 0.191 e. The Balaban J connectivity index is 1.89. The van der Waals surface area contributed by atoms with Crippen LogP contribution < -0.4 is 10.6 Å². The minimum atomic E-state index is 0.179. The average molecular weight is 367 g/mol. The minimum Gasteiger partial charge on any atom is -0.377 e. The number of nitrogens with one attached hydrogen (secondary N) is 2. The van der Waals surface area contributed by atoms with Crippen LogP contribution in [0.2, 0.25) is 0 Å². The zero-order valence-corrected chi connectivity index (χ0v) is 17.8. The highest BCUT2D eigenvalue weighted by atomic mass is 16.5. The molecule has 2 unspecified atom stereocenters. The monoisotopic (exact) mass is 366 g/mol. The average Bonchev–Trinajstić information content (AvgIpc) is 2.61. The molecule has 0 amide bonds. The number of aliphatic imine (C=N–C) groups is 1. The van der Waals surface area contributed by atoms with Crippen LogP contribution in [-0.4, -0.2) is 62.3 Å². The van der Waals surface area contributed by atoms with Crippen LogP contribution in [0.3, 0.4) is 0 Å². The predicted molar refractivity (Wildman–Crippen MR) is 111 cm³/mol. The summed E-state index contributed by atoms with van der Waals surface area (Å²) in [6.45, 7) is 17.6. The first-order valence-corrected chi connectivity index (χ1v) is 10.8. The van der Waals surface area contributed by atoms with Crippen molar-refractivity contribution in [2.75, 3.05) is 39.3 Å². The third kappa shape index (κ3) is 6.73. The number of piperidine rings is 1. The van der Waals surface area contributed by atoms with Crippen molar-refractivity contribution >= 4 is 5.96 Å². The Labute approximate surface area is 161 Å². The van der Waals surface area contributed by atoms with Crippen LogP contribution in [0.1, 0.15) is 66.7 Å². The second-order valence-electron chi connectivity index (χ2n) is 9.04. The Morgan fingerprint density at radius 3 is 2.50 bits per heavy atom. The zero-order valence-electron chi connectivity index (χ0n) is 17.8. The number of ether oxygens (including phenoxy) is 1. The highest BCUT2D eigenvalue weighted by Crippen LogP contribution is 2.34. The van der Waals surface area contributed by atoms with Crippen molar-refractivity contribution in [2.24, 2.45) is 16.3 Å². The second-order valence-corrected chi connectivity index (χ2v) is 9.04. The first kappa shape index (κ1) is 21.5. The molecule has 2 fully saturated rings. The van der Waals surface area contributed by atoms with E-state index in [1.165, 1.54) is 45.3 Å². The van der Waals surface area contributed by atoms with Crippen LogP contribution in [0, 0.1) is 11.3 Å². The zero-order chi connectivity index (χ0) is 19.0. The van der Waals surface area contributed by atoms with Crippen molar-refractivity contribution in [1.29, 1.82) is 0 Å². The van der Waals surface area contributed by atoms with E-state index >= 15 is 0 Å². The summed E-state index contributed by atoms with van der Waals surface area (Å²) in [5, 5.41) is 7.13. The van der Waals surface area contributed by atoms with Gasteiger partial charge in [0.15, 0.2) is 5.96 Å². The molecule has 0 spiro atoms. The first-order valence-electron chi connectivity index (χ1n) is 10.8. The molecular formula is C21H42N4O. The lowest BCUT2D eigenvalue weighted by atomic mass is 9.78. The summed E-state index contributed by atoms with van der Waals surface area (Å²) < 4.78 is 6.12. The van der Waals surface area contributed by atoms with Crippen LogP contribution in [0.4, 0.5) is 0 Å². The molecular weight excluding hydrogens is 324 g/mol. The molecule has 2 atom stereocenters. The molecule has 2 aliphatic rings. The van der Waals surface area contributed by atoms with E-state index in [0.717, 1.165) is 32.1 Å². The van der Waals surface area contributed by atoms with E-state index in [0.29, 0.717) is 18.1 Å². The molecule has 2 aliphatic heterocycles. The van der Waals surface area contributed by atoms with E-state index in [9.17, 15) is 0 Å². The van der Waals surface area contributed by atoms with Gasteiger partial charge in [-0.05, 0) is 51.0 Å². The minimum absolute atomic E-state index is 0.179. The van der Waals surface area contributed by atoms with E-state index in [-0.39, 0.29) is 5.41 Å². The van der Waals surface area contributed by atoms with Gasteiger partial charge in [-0.25, -0.2) is 0 Å². The van der Waals surface area contributed by atoms with E-state index in [1.807, 2.05) is 0 Å². The van der Waals surface area contributed by atoms with Crippen molar-refractivity contribution in [2.45, 2.75) is 78.9 Å². The third-order valence-corrected chi connectivity index (χ3v) is 5.59. The van der Waals surface area contributed by atoms with E-state index in [2.05, 4.69) is 50.2 Å². The van der Waals surface area contributed by atoms with Gasteiger partial charge in [-0.1, -0.05) is 27.7 Å². The molecule has 26 heavy (non-hydrogen) atoms. The SMILES string of the molecule is CCCN1CCC(NC(=NCC2CCCOC2C(C)(C)C)NCC)CC1. The summed E-state index contributed by atoms with van der Waals surface area (Å²) in [5.41, 5.74) is 0.179. The van der Waals surface area contributed by atoms with Crippen molar-refractivity contribution in [3.05, 3.63) is 0 Å². The smallest absolute Gasteiger partial charge is 0.191 e. The molecule has 2 rings (SSSR count). The molecule has 5 heteroatoms. The lowest BCUT2D eigenvalue weighted by molar-refractivity contribution is -0.0823. The number of rotatable bonds is 6. The van der Waals surface area contributed by atoms with Gasteiger partial charge in [0.1, 0.15) is 0 Å². The van der Waals surface area contributed by atoms with Crippen molar-refractivity contribution < 1.29 is 4.74 Å². The van der Waals surface area contributed by atoms with Gasteiger partial charge in [0.2, 0.25) is 0 Å². The number of guanidine groups is 1. The van der Waals surface area contributed by atoms with E-state index < -0.39 is 0 Å². The standard InChI is InChI=1S/C21H42N4O/c1-6-12-25-13-10-18(11-14-25)24-20(22-7-2)23-16-17-9-8-15-26-19(17)21(3,4)5/h17-19H,6-16H2,1-5H3,(H2,22,23,24). The van der Waals surface area contributed by atoms with Crippen LogP contribution in [-0.2, 0) is 4.74 Å². The maximum absolute atomic E-state index is 6.12. The highest BCUT2D eigenvalue weighted by Gasteiger charge is 2.35. The maximum atomic E-state index is 6.12. The Kier molecular flexibility index (Phi) is 8.68. The summed E-state index contributed by atoms with van der Waals surface area (Å²) in [7, 11) is 0. The van der Waals surface area contributed by atoms with Crippen LogP contribution in [0.5, 0.6) is 0 Å². The summed E-state index contributed by atoms with van der Waals surface area (Å²) >= 11 is 0. The van der Waals surface area contributed by atoms with Crippen LogP contribution in [0.15, 0.2) is 4.99 Å². The lowest BCUT2D eigenvalue weighted by Gasteiger charge is -2.39. The molecule has 2 heterocycles. The number of likely N-dealkylation sites (tertiary alicyclic amines) is 1. The molecule has 0 bridgehead atoms. The number of hydrogen-bond donors (Lipinski definition) is 2. The van der Waals surface area contributed by atoms with Gasteiger partial charge in [-0.3, -0.25) is 4.99 Å². The Morgan fingerprint density at radius 2 is 1.88 bits per heavy atom. The van der Waals surface area contributed by atoms with Gasteiger partial charge in [-0.2, -0.15) is 0 Å². The topological polar surface area (TPSA) is 48.9 Å². The molecule has 152 valence electrons. The van der Waals surface area contributed by atoms with E-state index in [4.69, 9.17) is 9.73 Å². The van der Waals surface area contributed by atoms with Crippen molar-refractivity contribution in [3.63, 3.8) is 0 Å². The third-order valence-electron chi connectivity index (χ3n) is 5.59. The fourth-order valence-electron chi connectivity index (χ4n) is 4.33. The molecule has 0 aromatic rings. The number of hydrogen-bond acceptors (Lipinski definition) is 3. The van der Waals surface area contributed by atoms with Crippen molar-refractivity contribution in [3.8, 4) is 0 Å². The van der Waals surface area contributed by atoms with Crippen LogP contribution in [0.25, 0.3) is 0 Å². The first-order chi connectivity index (χ1) is 12.4. The normalized spacial score (nSPS) is 26.7. The number of nitrogens with zero attached hydrogens (tertiary/aromatic N) is 2. The molecule has 0 radical (unpaired) electrons. The Hall–Kier alpha value is -0.810. The summed E-state index contributed by atoms with van der Waals surface area (Å²) in [5.74, 6) is 1.50. The molecule has 2 N–H and O–H groups in total. The van der Waals surface area contributed by atoms with Crippen molar-refractivity contribution in [1.82, 2.24) is 15.5 Å². The van der Waals surface area contributed by atoms with Gasteiger partial charge < -0.3 is 20.3 Å². The molecule has 0 aromatic heterocycles. The fraction of sp³-hybridized carbons (Fsp3) is 0.952. The van der Waals surface area contributed by atoms with E-state index in [1.54, 1.807) is 0 Å². The molecule has 0 aliphatic carbocycles. The highest BCUT2D eigenvalue weighted by molar-refractivity contribution is 5.80. The molecule has 0 saturated carbocycles. The van der Waals surface area contributed by atoms with Gasteiger partial charge in [-0.15, -0.1) is 0 Å². The Morgan fingerprint density at radius 1 is 1.15 bits per heavy atom. The lowest BCUT2D eigenvalue weighted by Crippen LogP contribution is -2.49. The summed E-state index contributed by atoms with van der Waals surface area (Å²) in [4.78, 5) is 7.53. The largest absolute Gasteiger partial charge is 0.377 e.